The summed E-state index contributed by atoms with van der Waals surface area (Å²) in [5, 5.41) is 41.6. The summed E-state index contributed by atoms with van der Waals surface area (Å²) in [7, 11) is 0. The number of aromatic nitrogens is 4. The van der Waals surface area contributed by atoms with Gasteiger partial charge in [-0.15, -0.1) is 0 Å². The second-order valence-corrected chi connectivity index (χ2v) is 41.9. The van der Waals surface area contributed by atoms with Crippen molar-refractivity contribution in [2.45, 2.75) is 26.2 Å². The van der Waals surface area contributed by atoms with E-state index in [0.717, 1.165) is 17.1 Å². The molecule has 0 unspecified atom stereocenters. The fourth-order valence-electron chi connectivity index (χ4n) is 25.2. The van der Waals surface area contributed by atoms with Gasteiger partial charge in [-0.05, 0) is 293 Å². The predicted molar refractivity (Wildman–Crippen MR) is 640 cm³/mol. The maximum absolute atomic E-state index is 2.49. The molecule has 0 radical (unpaired) electrons. The van der Waals surface area contributed by atoms with Crippen LogP contribution >= 0.6 is 0 Å². The Bertz CT molecular complexity index is 11400. The van der Waals surface area contributed by atoms with Crippen molar-refractivity contribution in [3.05, 3.63) is 515 Å². The molecule has 0 bridgehead atoms. The number of rotatable bonds is 7. The first-order valence-corrected chi connectivity index (χ1v) is 51.9. The highest BCUT2D eigenvalue weighted by Gasteiger charge is 2.27. The zero-order chi connectivity index (χ0) is 98.1. The summed E-state index contributed by atoms with van der Waals surface area (Å²) >= 11 is 0. The molecule has 0 atom stereocenters. The molecule has 0 spiro atoms. The van der Waals surface area contributed by atoms with E-state index in [2.05, 4.69) is 553 Å². The Balaban J connectivity index is 0.0000000898. The van der Waals surface area contributed by atoms with Gasteiger partial charge in [0.15, 0.2) is 0 Å². The Morgan fingerprint density at radius 1 is 0.134 bits per heavy atom. The number of hydrogen-bond donors (Lipinski definition) is 0. The summed E-state index contributed by atoms with van der Waals surface area (Å²) < 4.78 is 9.95. The maximum atomic E-state index is 2.49. The topological polar surface area (TPSA) is 20.9 Å². The highest BCUT2D eigenvalue weighted by molar-refractivity contribution is 6.31. The SMILES string of the molecule is CC(C)(C)c1ccc(-c2ccc3cc4c5cccc6c7cc8ccccc8cc7n(c4cc3c2)c65)cc1.c1ccc(-c2ccc(-c3ccc4cc5c6cccc7c8cc9ccccc9cc8n(c5cc4c3)c76)cc2)cc1.c1ccc(-c2ccc3cc4c5cccc6c7cc8ccccc8cc7n(c4cc3c2)c65)cc1.c1ccc(N(c2ccccc2)c2ccc3cc4c5cccc6c7cc8ccccc8cc7n(c4cc3c2)c65)cc1. The molecule has 8 heterocycles. The molecule has 34 rings (SSSR count). The molecule has 694 valence electrons. The van der Waals surface area contributed by atoms with Crippen LogP contribution in [-0.2, 0) is 5.41 Å². The first-order valence-electron chi connectivity index (χ1n) is 51.9. The number of hydrogen-bond acceptors (Lipinski definition) is 1. The van der Waals surface area contributed by atoms with Crippen molar-refractivity contribution < 1.29 is 0 Å². The van der Waals surface area contributed by atoms with E-state index in [9.17, 15) is 0 Å². The van der Waals surface area contributed by atoms with Crippen LogP contribution in [0.15, 0.2) is 510 Å². The summed E-state index contributed by atoms with van der Waals surface area (Å²) in [6, 6.07) is 187. The van der Waals surface area contributed by atoms with Gasteiger partial charge in [0.25, 0.3) is 0 Å². The molecule has 8 aromatic heterocycles. The van der Waals surface area contributed by atoms with Gasteiger partial charge in [-0.2, -0.15) is 0 Å². The molecule has 0 saturated carbocycles. The molecule has 5 nitrogen and oxygen atoms in total. The number of para-hydroxylation sites is 6. The van der Waals surface area contributed by atoms with Crippen LogP contribution in [0, 0.1) is 0 Å². The van der Waals surface area contributed by atoms with Gasteiger partial charge in [-0.1, -0.05) is 379 Å². The molecule has 149 heavy (non-hydrogen) atoms. The Morgan fingerprint density at radius 2 is 0.329 bits per heavy atom. The zero-order valence-corrected chi connectivity index (χ0v) is 82.2. The van der Waals surface area contributed by atoms with Gasteiger partial charge in [-0.25, -0.2) is 0 Å². The average molecular weight is 1890 g/mol. The maximum Gasteiger partial charge on any atom is 0.0620 e. The second kappa shape index (κ2) is 32.7. The molecule has 0 aliphatic carbocycles. The van der Waals surface area contributed by atoms with Crippen LogP contribution in [0.2, 0.25) is 0 Å². The second-order valence-electron chi connectivity index (χ2n) is 41.9. The van der Waals surface area contributed by atoms with E-state index in [1.807, 2.05) is 0 Å². The number of benzene rings is 26. The number of anilines is 3. The smallest absolute Gasteiger partial charge is 0.0620 e. The normalized spacial score (nSPS) is 12.3. The first-order chi connectivity index (χ1) is 73.4. The minimum absolute atomic E-state index is 0.160. The summed E-state index contributed by atoms with van der Waals surface area (Å²) in [4.78, 5) is 2.33. The first kappa shape index (κ1) is 84.3. The van der Waals surface area contributed by atoms with Crippen molar-refractivity contribution in [2.24, 2.45) is 0 Å². The van der Waals surface area contributed by atoms with Gasteiger partial charge in [-0.3, -0.25) is 0 Å². The fraction of sp³-hybridized carbons (Fsp3) is 0.0278. The number of fused-ring (bicyclic) bond motifs is 32. The van der Waals surface area contributed by atoms with Gasteiger partial charge in [0.2, 0.25) is 0 Å². The average Bonchev–Trinajstić information content (AvgIpc) is 1.55. The van der Waals surface area contributed by atoms with E-state index >= 15 is 0 Å². The van der Waals surface area contributed by atoms with E-state index in [1.54, 1.807) is 0 Å². The molecule has 0 fully saturated rings. The van der Waals surface area contributed by atoms with Crippen molar-refractivity contribution in [2.75, 3.05) is 4.90 Å². The van der Waals surface area contributed by atoms with Gasteiger partial charge in [0.1, 0.15) is 0 Å². The van der Waals surface area contributed by atoms with Crippen molar-refractivity contribution >= 4 is 256 Å². The third-order valence-electron chi connectivity index (χ3n) is 32.3. The van der Waals surface area contributed by atoms with Crippen molar-refractivity contribution in [3.8, 4) is 44.5 Å². The summed E-state index contributed by atoms with van der Waals surface area (Å²) in [6.07, 6.45) is 0. The molecule has 0 aliphatic rings. The fourth-order valence-corrected chi connectivity index (χ4v) is 25.2. The zero-order valence-electron chi connectivity index (χ0n) is 82.2. The molecule has 0 aliphatic heterocycles. The molecular formula is C144H93N5. The van der Waals surface area contributed by atoms with Crippen molar-refractivity contribution in [1.82, 2.24) is 17.6 Å². The van der Waals surface area contributed by atoms with E-state index in [1.165, 1.54) is 289 Å². The van der Waals surface area contributed by atoms with Crippen molar-refractivity contribution in [1.29, 1.82) is 0 Å². The van der Waals surface area contributed by atoms with E-state index in [4.69, 9.17) is 0 Å². The lowest BCUT2D eigenvalue weighted by Gasteiger charge is -2.25. The minimum atomic E-state index is 0.160. The van der Waals surface area contributed by atoms with Gasteiger partial charge < -0.3 is 22.5 Å². The van der Waals surface area contributed by atoms with Crippen molar-refractivity contribution in [3.63, 3.8) is 0 Å². The largest absolute Gasteiger partial charge is 0.310 e. The highest BCUT2D eigenvalue weighted by Crippen LogP contribution is 2.50. The lowest BCUT2D eigenvalue weighted by Crippen LogP contribution is -2.10. The van der Waals surface area contributed by atoms with Crippen LogP contribution in [0.3, 0.4) is 0 Å². The third-order valence-corrected chi connectivity index (χ3v) is 32.3. The Hall–Kier alpha value is -19.2. The lowest BCUT2D eigenvalue weighted by atomic mass is 9.86. The Morgan fingerprint density at radius 3 is 0.597 bits per heavy atom. The number of nitrogens with zero attached hydrogens (tertiary/aromatic N) is 5. The van der Waals surface area contributed by atoms with Crippen LogP contribution in [-0.4, -0.2) is 17.6 Å². The Labute approximate surface area is 857 Å². The molecule has 26 aromatic carbocycles. The monoisotopic (exact) mass is 1890 g/mol. The van der Waals surface area contributed by atoms with Crippen LogP contribution < -0.4 is 4.90 Å². The molecule has 34 aromatic rings. The van der Waals surface area contributed by atoms with Crippen LogP contribution in [0.5, 0.6) is 0 Å². The minimum Gasteiger partial charge on any atom is -0.310 e. The quantitative estimate of drug-likeness (QED) is 0.156. The predicted octanol–water partition coefficient (Wildman–Crippen LogP) is 40.0. The van der Waals surface area contributed by atoms with Crippen LogP contribution in [0.25, 0.3) is 283 Å². The van der Waals surface area contributed by atoms with Gasteiger partial charge in [0.05, 0.1) is 66.2 Å². The third kappa shape index (κ3) is 13.3. The summed E-state index contributed by atoms with van der Waals surface area (Å²) in [5.41, 5.74) is 30.5. The molecule has 0 saturated heterocycles. The standard InChI is InChI=1S/C38H24N2.C38H23N.C36H27N.C32H19N/c1-3-12-29(13-4-1)39(30-14-5-2-6-15-30)31-19-18-27-22-35-33-17-9-16-32-34-21-25-10-7-8-11-26(25)23-36(34)40(38(32)33)37(35)24-28(27)20-31;1-2-7-24(8-3-1)25-13-15-26(16-14-25)29-17-18-30-21-35-33-12-6-11-32-34-20-27-9-4-5-10-28(27)22-36(34)39(38(32)33)37(35)23-31(30)19-29;1-36(2,3)28-15-13-22(14-16-28)25-11-12-26-19-32-30-10-6-9-29-31-18-23-7-4-5-8-24(23)20-33(31)37(35(29)30)34(32)21-27(26)17-25;1-2-7-20(8-3-1)23-13-14-24-17-29-27-12-6-11-26-28-16-21-9-4-5-10-22(21)18-30(28)33(32(26)27)31(29)19-25(24)15-23/h1-24H;1-23H;4-21H,1-3H3;1-19H. The lowest BCUT2D eigenvalue weighted by molar-refractivity contribution is 0.590. The van der Waals surface area contributed by atoms with Crippen LogP contribution in [0.1, 0.15) is 26.3 Å². The molecule has 0 amide bonds. The van der Waals surface area contributed by atoms with Gasteiger partial charge >= 0.3 is 0 Å². The summed E-state index contributed by atoms with van der Waals surface area (Å²) in [5.74, 6) is 0. The van der Waals surface area contributed by atoms with Crippen LogP contribution in [0.4, 0.5) is 17.1 Å². The Kier molecular flexibility index (Phi) is 18.5. The molecule has 5 heteroatoms. The van der Waals surface area contributed by atoms with E-state index < -0.39 is 0 Å². The van der Waals surface area contributed by atoms with E-state index in [0.29, 0.717) is 0 Å². The molecular weight excluding hydrogens is 1800 g/mol. The highest BCUT2D eigenvalue weighted by atomic mass is 15.1. The molecule has 0 N–H and O–H groups in total. The van der Waals surface area contributed by atoms with E-state index in [-0.39, 0.29) is 5.41 Å². The van der Waals surface area contributed by atoms with Gasteiger partial charge in [0, 0.05) is 103 Å². The summed E-state index contributed by atoms with van der Waals surface area (Å²) in [6.45, 7) is 6.80.